The normalized spacial score (nSPS) is 17.7. The number of hydrogen-bond donors (Lipinski definition) is 1. The first-order chi connectivity index (χ1) is 11.9. The maximum atomic E-state index is 13.0. The number of ketones is 1. The monoisotopic (exact) mass is 333 g/mol. The van der Waals surface area contributed by atoms with E-state index in [1.807, 2.05) is 24.3 Å². The molecule has 0 fully saturated rings. The molecule has 0 unspecified atom stereocenters. The molecule has 2 aromatic rings. The van der Waals surface area contributed by atoms with Crippen molar-refractivity contribution in [1.29, 1.82) is 0 Å². The Hall–Kier alpha value is -2.55. The van der Waals surface area contributed by atoms with Gasteiger partial charge in [-0.2, -0.15) is 0 Å². The van der Waals surface area contributed by atoms with Crippen molar-refractivity contribution >= 4 is 17.0 Å². The van der Waals surface area contributed by atoms with Gasteiger partial charge in [0.2, 0.25) is 0 Å². The van der Waals surface area contributed by atoms with Gasteiger partial charge in [-0.1, -0.05) is 36.4 Å². The molecule has 0 spiro atoms. The largest absolute Gasteiger partial charge is 0.507 e. The Bertz CT molecular complexity index is 894. The highest BCUT2D eigenvalue weighted by Gasteiger charge is 2.37. The summed E-state index contributed by atoms with van der Waals surface area (Å²) >= 11 is 0. The van der Waals surface area contributed by atoms with Crippen molar-refractivity contribution in [3.05, 3.63) is 64.7 Å². The highest BCUT2D eigenvalue weighted by Crippen LogP contribution is 2.48. The number of carbonyl (C=O) groups is 1. The summed E-state index contributed by atoms with van der Waals surface area (Å²) in [6.45, 7) is 7.47. The maximum Gasteiger partial charge on any atom is 0.196 e. The molecule has 2 heterocycles. The lowest BCUT2D eigenvalue weighted by atomic mass is 9.81. The minimum atomic E-state index is -0.119. The molecule has 2 aliphatic rings. The number of aromatic hydroxyl groups is 1. The molecule has 0 radical (unpaired) electrons. The number of rotatable bonds is 2. The number of allylic oxidation sites excluding steroid dienone is 1. The van der Waals surface area contributed by atoms with E-state index in [1.54, 1.807) is 12.1 Å². The van der Waals surface area contributed by atoms with Gasteiger partial charge in [-0.25, -0.2) is 0 Å². The molecule has 0 atom stereocenters. The first-order valence-corrected chi connectivity index (χ1v) is 8.86. The van der Waals surface area contributed by atoms with Crippen LogP contribution in [0.5, 0.6) is 5.75 Å². The lowest BCUT2D eigenvalue weighted by Gasteiger charge is -2.47. The highest BCUT2D eigenvalue weighted by atomic mass is 16.3. The lowest BCUT2D eigenvalue weighted by molar-refractivity contribution is 0.103. The molecule has 2 aromatic carbocycles. The zero-order valence-electron chi connectivity index (χ0n) is 15.0. The maximum absolute atomic E-state index is 13.0. The molecule has 0 aromatic heterocycles. The fourth-order valence-corrected chi connectivity index (χ4v) is 4.27. The van der Waals surface area contributed by atoms with Crippen LogP contribution in [0, 0.1) is 0 Å². The van der Waals surface area contributed by atoms with E-state index in [-0.39, 0.29) is 17.1 Å². The molecule has 3 heteroatoms. The van der Waals surface area contributed by atoms with E-state index in [0.29, 0.717) is 11.1 Å². The van der Waals surface area contributed by atoms with Gasteiger partial charge in [0, 0.05) is 23.2 Å². The number of carbonyl (C=O) groups excluding carboxylic acids is 1. The van der Waals surface area contributed by atoms with E-state index < -0.39 is 0 Å². The van der Waals surface area contributed by atoms with Gasteiger partial charge in [0.15, 0.2) is 5.78 Å². The second-order valence-corrected chi connectivity index (χ2v) is 7.58. The van der Waals surface area contributed by atoms with E-state index in [2.05, 4.69) is 31.7 Å². The fourth-order valence-electron chi connectivity index (χ4n) is 4.27. The summed E-state index contributed by atoms with van der Waals surface area (Å²) in [5.74, 6) is 0.0368. The van der Waals surface area contributed by atoms with Gasteiger partial charge in [-0.3, -0.25) is 4.79 Å². The van der Waals surface area contributed by atoms with Gasteiger partial charge >= 0.3 is 0 Å². The molecule has 1 N–H and O–H groups in total. The van der Waals surface area contributed by atoms with E-state index in [0.717, 1.165) is 36.2 Å². The highest BCUT2D eigenvalue weighted by molar-refractivity contribution is 6.12. The van der Waals surface area contributed by atoms with Gasteiger partial charge in [0.25, 0.3) is 0 Å². The number of phenolic OH excluding ortho intramolecular Hbond substituents is 1. The Balaban J connectivity index is 1.94. The van der Waals surface area contributed by atoms with Crippen molar-refractivity contribution in [3.8, 4) is 5.75 Å². The third-order valence-electron chi connectivity index (χ3n) is 5.42. The zero-order valence-corrected chi connectivity index (χ0v) is 15.0. The molecule has 0 bridgehead atoms. The number of phenols is 1. The second-order valence-electron chi connectivity index (χ2n) is 7.58. The second kappa shape index (κ2) is 5.48. The van der Waals surface area contributed by atoms with Crippen LogP contribution in [-0.2, 0) is 6.42 Å². The van der Waals surface area contributed by atoms with E-state index in [9.17, 15) is 9.90 Å². The Morgan fingerprint density at radius 3 is 2.64 bits per heavy atom. The number of nitrogens with zero attached hydrogens (tertiary/aromatic N) is 1. The third-order valence-corrected chi connectivity index (χ3v) is 5.42. The zero-order chi connectivity index (χ0) is 17.8. The van der Waals surface area contributed by atoms with E-state index in [4.69, 9.17) is 0 Å². The van der Waals surface area contributed by atoms with Gasteiger partial charge in [-0.15, -0.1) is 0 Å². The minimum absolute atomic E-state index is 0.0797. The topological polar surface area (TPSA) is 40.5 Å². The van der Waals surface area contributed by atoms with Crippen molar-refractivity contribution in [2.75, 3.05) is 11.4 Å². The quantitative estimate of drug-likeness (QED) is 0.818. The molecular weight excluding hydrogens is 310 g/mol. The average Bonchev–Trinajstić information content (AvgIpc) is 2.60. The summed E-state index contributed by atoms with van der Waals surface area (Å²) in [5.41, 5.74) is 5.21. The Kier molecular flexibility index (Phi) is 3.50. The average molecular weight is 333 g/mol. The summed E-state index contributed by atoms with van der Waals surface area (Å²) < 4.78 is 0. The Labute approximate surface area is 148 Å². The van der Waals surface area contributed by atoms with E-state index in [1.165, 1.54) is 5.57 Å². The summed E-state index contributed by atoms with van der Waals surface area (Å²) in [6, 6.07) is 11.1. The van der Waals surface area contributed by atoms with Gasteiger partial charge < -0.3 is 10.0 Å². The van der Waals surface area contributed by atoms with Crippen LogP contribution in [0.3, 0.4) is 0 Å². The smallest absolute Gasteiger partial charge is 0.196 e. The SMILES string of the molecule is CC1=CC(C)(C)N2CCCc3c(O)c(C(=O)c4ccccc4)cc1c32. The predicted octanol–water partition coefficient (Wildman–Crippen LogP) is 4.57. The standard InChI is InChI=1S/C22H23NO2/c1-14-13-22(2,3)23-11-7-10-16-19(23)17(14)12-18(21(16)25)20(24)15-8-5-4-6-9-15/h4-6,8-9,12-13,25H,7,10-11H2,1-3H3. The van der Waals surface area contributed by atoms with Crippen molar-refractivity contribution in [2.45, 2.75) is 39.2 Å². The molecule has 4 rings (SSSR count). The molecule has 128 valence electrons. The fraction of sp³-hybridized carbons (Fsp3) is 0.318. The van der Waals surface area contributed by atoms with E-state index >= 15 is 0 Å². The van der Waals surface area contributed by atoms with Crippen LogP contribution in [-0.4, -0.2) is 23.0 Å². The van der Waals surface area contributed by atoms with Crippen LogP contribution in [0.2, 0.25) is 0 Å². The van der Waals surface area contributed by atoms with Crippen LogP contribution in [0.15, 0.2) is 42.5 Å². The summed E-state index contributed by atoms with van der Waals surface area (Å²) in [7, 11) is 0. The number of hydrogen-bond acceptors (Lipinski definition) is 3. The van der Waals surface area contributed by atoms with Crippen molar-refractivity contribution < 1.29 is 9.90 Å². The molecular formula is C22H23NO2. The third kappa shape index (κ3) is 2.38. The van der Waals surface area contributed by atoms with Crippen LogP contribution < -0.4 is 4.90 Å². The Morgan fingerprint density at radius 1 is 1.20 bits per heavy atom. The minimum Gasteiger partial charge on any atom is -0.507 e. The van der Waals surface area contributed by atoms with Crippen LogP contribution in [0.1, 0.15) is 54.2 Å². The van der Waals surface area contributed by atoms with Crippen molar-refractivity contribution in [3.63, 3.8) is 0 Å². The molecule has 0 saturated carbocycles. The lowest BCUT2D eigenvalue weighted by Crippen LogP contribution is -2.47. The summed E-state index contributed by atoms with van der Waals surface area (Å²) in [6.07, 6.45) is 4.06. The molecule has 3 nitrogen and oxygen atoms in total. The molecule has 25 heavy (non-hydrogen) atoms. The van der Waals surface area contributed by atoms with Crippen LogP contribution in [0.25, 0.3) is 5.57 Å². The first-order valence-electron chi connectivity index (χ1n) is 8.86. The van der Waals surface area contributed by atoms with Gasteiger partial charge in [0.05, 0.1) is 16.8 Å². The summed E-state index contributed by atoms with van der Waals surface area (Å²) in [4.78, 5) is 15.3. The molecule has 0 amide bonds. The Morgan fingerprint density at radius 2 is 1.92 bits per heavy atom. The first kappa shape index (κ1) is 15.9. The number of benzene rings is 2. The molecule has 0 saturated heterocycles. The predicted molar refractivity (Wildman–Crippen MR) is 101 cm³/mol. The van der Waals surface area contributed by atoms with Crippen LogP contribution in [0.4, 0.5) is 5.69 Å². The molecule has 0 aliphatic carbocycles. The van der Waals surface area contributed by atoms with Crippen molar-refractivity contribution in [2.24, 2.45) is 0 Å². The van der Waals surface area contributed by atoms with Gasteiger partial charge in [-0.05, 0) is 45.3 Å². The molecule has 2 aliphatic heterocycles. The number of anilines is 1. The van der Waals surface area contributed by atoms with Gasteiger partial charge in [0.1, 0.15) is 5.75 Å². The van der Waals surface area contributed by atoms with Crippen molar-refractivity contribution in [1.82, 2.24) is 0 Å². The summed E-state index contributed by atoms with van der Waals surface area (Å²) in [5, 5.41) is 10.9. The van der Waals surface area contributed by atoms with Crippen LogP contribution >= 0.6 is 0 Å².